The molecule has 0 aliphatic carbocycles. The topological polar surface area (TPSA) is 149 Å². The average molecular weight is 525 g/mol. The first-order valence-corrected chi connectivity index (χ1v) is 11.0. The first kappa shape index (κ1) is 28.4. The maximum absolute atomic E-state index is 14.1. The van der Waals surface area contributed by atoms with E-state index in [0.717, 1.165) is 7.05 Å². The number of sulfonamides is 1. The van der Waals surface area contributed by atoms with Gasteiger partial charge in [-0.1, -0.05) is 0 Å². The number of Topliss-reactive ketones (excluding diaryl/α,β-unsaturated/α-hetero) is 2. The van der Waals surface area contributed by atoms with Gasteiger partial charge in [0.2, 0.25) is 0 Å². The highest BCUT2D eigenvalue weighted by Gasteiger charge is 2.78. The molecule has 0 bridgehead atoms. The van der Waals surface area contributed by atoms with Crippen molar-refractivity contribution in [1.82, 2.24) is 0 Å². The summed E-state index contributed by atoms with van der Waals surface area (Å²) >= 11 is 0. The predicted molar refractivity (Wildman–Crippen MR) is 95.7 cm³/mol. The SMILES string of the molecule is C[N-]S(=O)(=O)c1ccc(OS(=O)(=O)C(F)(F)C(F)(F)C(F)(F)C([O-])=C(C(C)=O)C(C)=O)cc1. The molecular formula is C16H13F6NO8S2-2. The van der Waals surface area contributed by atoms with Crippen molar-refractivity contribution in [2.75, 3.05) is 7.05 Å². The lowest BCUT2D eigenvalue weighted by molar-refractivity contribution is -0.380. The smallest absolute Gasteiger partial charge is 0.449 e. The Hall–Kier alpha value is -2.66. The molecule has 0 unspecified atom stereocenters. The van der Waals surface area contributed by atoms with E-state index in [0.29, 0.717) is 38.1 Å². The molecule has 33 heavy (non-hydrogen) atoms. The minimum absolute atomic E-state index is 0.344. The van der Waals surface area contributed by atoms with Gasteiger partial charge in [0.1, 0.15) is 15.8 Å². The van der Waals surface area contributed by atoms with Crippen LogP contribution in [0.1, 0.15) is 13.8 Å². The zero-order chi connectivity index (χ0) is 26.2. The second kappa shape index (κ2) is 8.94. The molecule has 0 saturated carbocycles. The Balaban J connectivity index is 3.50. The lowest BCUT2D eigenvalue weighted by Gasteiger charge is -2.36. The van der Waals surface area contributed by atoms with Gasteiger partial charge in [0.15, 0.2) is 11.6 Å². The quantitative estimate of drug-likeness (QED) is 0.112. The van der Waals surface area contributed by atoms with E-state index in [1.807, 2.05) is 0 Å². The van der Waals surface area contributed by atoms with Crippen molar-refractivity contribution in [1.29, 1.82) is 0 Å². The van der Waals surface area contributed by atoms with E-state index in [2.05, 4.69) is 8.91 Å². The number of rotatable bonds is 10. The molecule has 0 atom stereocenters. The molecule has 1 rings (SSSR count). The van der Waals surface area contributed by atoms with E-state index >= 15 is 0 Å². The van der Waals surface area contributed by atoms with Gasteiger partial charge in [-0.2, -0.15) is 41.8 Å². The first-order valence-electron chi connectivity index (χ1n) is 8.14. The van der Waals surface area contributed by atoms with Crippen molar-refractivity contribution in [3.63, 3.8) is 0 Å². The van der Waals surface area contributed by atoms with Gasteiger partial charge in [0.25, 0.3) is 0 Å². The fraction of sp³-hybridized carbons (Fsp3) is 0.375. The summed E-state index contributed by atoms with van der Waals surface area (Å²) in [7, 11) is -10.3. The Labute approximate surface area is 183 Å². The molecule has 17 heteroatoms. The van der Waals surface area contributed by atoms with Crippen molar-refractivity contribution in [3.8, 4) is 5.75 Å². The van der Waals surface area contributed by atoms with Crippen molar-refractivity contribution in [2.24, 2.45) is 0 Å². The Bertz CT molecular complexity index is 1180. The summed E-state index contributed by atoms with van der Waals surface area (Å²) in [5, 5.41) is 4.87. The van der Waals surface area contributed by atoms with Crippen LogP contribution in [0.15, 0.2) is 40.5 Å². The average Bonchev–Trinajstić information content (AvgIpc) is 2.66. The maximum atomic E-state index is 14.1. The molecular weight excluding hydrogens is 512 g/mol. The number of hydrogen-bond acceptors (Lipinski definition) is 8. The third kappa shape index (κ3) is 4.98. The number of hydrogen-bond donors (Lipinski definition) is 0. The Kier molecular flexibility index (Phi) is 7.69. The maximum Gasteiger partial charge on any atom is 0.449 e. The normalized spacial score (nSPS) is 13.4. The number of alkyl halides is 6. The van der Waals surface area contributed by atoms with Gasteiger partial charge in [0.05, 0.1) is 5.57 Å². The third-order valence-corrected chi connectivity index (χ3v) is 6.50. The molecule has 0 fully saturated rings. The third-order valence-electron chi connectivity index (χ3n) is 3.86. The molecule has 186 valence electrons. The lowest BCUT2D eigenvalue weighted by atomic mass is 10.0. The summed E-state index contributed by atoms with van der Waals surface area (Å²) in [6, 6.07) is 2.01. The summed E-state index contributed by atoms with van der Waals surface area (Å²) in [6.07, 6.45) is 0. The van der Waals surface area contributed by atoms with Crippen LogP contribution in [0, 0.1) is 0 Å². The van der Waals surface area contributed by atoms with Crippen molar-refractivity contribution < 1.29 is 62.1 Å². The molecule has 0 amide bonds. The number of carbonyl (C=O) groups excluding carboxylic acids is 2. The van der Waals surface area contributed by atoms with Crippen molar-refractivity contribution >= 4 is 31.7 Å². The fourth-order valence-corrected chi connectivity index (χ4v) is 3.76. The second-order valence-corrected chi connectivity index (χ2v) is 9.52. The lowest BCUT2D eigenvalue weighted by Crippen LogP contribution is -2.61. The van der Waals surface area contributed by atoms with Crippen LogP contribution in [0.2, 0.25) is 0 Å². The van der Waals surface area contributed by atoms with Crippen LogP contribution in [0.3, 0.4) is 0 Å². The molecule has 0 radical (unpaired) electrons. The van der Waals surface area contributed by atoms with Crippen molar-refractivity contribution in [2.45, 2.75) is 35.8 Å². The van der Waals surface area contributed by atoms with Gasteiger partial charge < -0.3 is 14.0 Å². The summed E-state index contributed by atoms with van der Waals surface area (Å²) in [4.78, 5) is 21.8. The Morgan fingerprint density at radius 2 is 1.33 bits per heavy atom. The number of nitrogens with zero attached hydrogens (tertiary/aromatic N) is 1. The van der Waals surface area contributed by atoms with Crippen LogP contribution >= 0.6 is 0 Å². The highest BCUT2D eigenvalue weighted by Crippen LogP contribution is 2.51. The Morgan fingerprint density at radius 3 is 1.70 bits per heavy atom. The van der Waals surface area contributed by atoms with E-state index in [4.69, 9.17) is 0 Å². The molecule has 0 aliphatic rings. The molecule has 1 aromatic carbocycles. The zero-order valence-corrected chi connectivity index (χ0v) is 18.2. The molecule has 0 heterocycles. The second-order valence-electron chi connectivity index (χ2n) is 6.15. The number of halogens is 6. The largest absolute Gasteiger partial charge is 0.871 e. The molecule has 0 N–H and O–H groups in total. The highest BCUT2D eigenvalue weighted by molar-refractivity contribution is 7.94. The van der Waals surface area contributed by atoms with Crippen LogP contribution < -0.4 is 9.29 Å². The summed E-state index contributed by atoms with van der Waals surface area (Å²) in [5.41, 5.74) is -2.06. The van der Waals surface area contributed by atoms with Crippen molar-refractivity contribution in [3.05, 3.63) is 40.3 Å². The van der Waals surface area contributed by atoms with Gasteiger partial charge in [-0.15, -0.1) is 0 Å². The number of allylic oxidation sites excluding steroid dienone is 2. The monoisotopic (exact) mass is 525 g/mol. The van der Waals surface area contributed by atoms with E-state index in [1.54, 1.807) is 0 Å². The van der Waals surface area contributed by atoms with Gasteiger partial charge in [-0.25, -0.2) is 8.42 Å². The van der Waals surface area contributed by atoms with Gasteiger partial charge in [0, 0.05) is 4.90 Å². The minimum Gasteiger partial charge on any atom is -0.871 e. The molecule has 0 aromatic heterocycles. The van der Waals surface area contributed by atoms with Crippen LogP contribution in [-0.2, 0) is 29.7 Å². The molecule has 1 aromatic rings. The number of benzene rings is 1. The molecule has 9 nitrogen and oxygen atoms in total. The van der Waals surface area contributed by atoms with Gasteiger partial charge in [-0.3, -0.25) is 9.59 Å². The van der Waals surface area contributed by atoms with E-state index in [1.165, 1.54) is 0 Å². The van der Waals surface area contributed by atoms with Crippen LogP contribution in [-0.4, -0.2) is 52.5 Å². The summed E-state index contributed by atoms with van der Waals surface area (Å²) in [5.74, 6) is -21.6. The standard InChI is InChI=1S/C16H14F6NO8S2/c1-8(24)12(9(2)25)13(26)14(17,18)15(19,20)16(21,22)33(29,30)31-10-4-6-11(7-5-10)32(27,28)23-3/h4-7H,1-3H3,(H,24,25,26)/q-1/p-1. The predicted octanol–water partition coefficient (Wildman–Crippen LogP) is 1.74. The van der Waals surface area contributed by atoms with Crippen LogP contribution in [0.5, 0.6) is 5.75 Å². The molecule has 0 spiro atoms. The van der Waals surface area contributed by atoms with Crippen LogP contribution in [0.25, 0.3) is 4.72 Å². The van der Waals surface area contributed by atoms with Crippen LogP contribution in [0.4, 0.5) is 26.3 Å². The van der Waals surface area contributed by atoms with E-state index in [9.17, 15) is 57.9 Å². The van der Waals surface area contributed by atoms with Gasteiger partial charge in [-0.05, 0) is 43.9 Å². The minimum atomic E-state index is -7.00. The zero-order valence-electron chi connectivity index (χ0n) is 16.6. The van der Waals surface area contributed by atoms with E-state index in [-0.39, 0.29) is 0 Å². The molecule has 0 aliphatic heterocycles. The number of ketones is 2. The summed E-state index contributed by atoms with van der Waals surface area (Å²) in [6.45, 7) is 0.688. The van der Waals surface area contributed by atoms with E-state index < -0.39 is 70.8 Å². The van der Waals surface area contributed by atoms with Gasteiger partial charge >= 0.3 is 27.2 Å². The molecule has 0 saturated heterocycles. The first-order chi connectivity index (χ1) is 14.7. The summed E-state index contributed by atoms with van der Waals surface area (Å²) < 4.78 is 138. The highest BCUT2D eigenvalue weighted by atomic mass is 32.2. The number of carbonyl (C=O) groups is 2. The fourth-order valence-electron chi connectivity index (χ4n) is 2.16. The Morgan fingerprint density at radius 1 is 0.909 bits per heavy atom.